The highest BCUT2D eigenvalue weighted by Crippen LogP contribution is 2.23. The second kappa shape index (κ2) is 5.61. The van der Waals surface area contributed by atoms with E-state index in [1.54, 1.807) is 18.8 Å². The average Bonchev–Trinajstić information content (AvgIpc) is 2.78. The number of methoxy groups -OCH3 is 1. The lowest BCUT2D eigenvalue weighted by atomic mass is 10.1. The van der Waals surface area contributed by atoms with Crippen LogP contribution in [0.25, 0.3) is 11.3 Å². The molecule has 0 atom stereocenters. The van der Waals surface area contributed by atoms with Gasteiger partial charge < -0.3 is 14.6 Å². The Morgan fingerprint density at radius 2 is 2.00 bits per heavy atom. The number of aromatic nitrogens is 3. The molecule has 0 saturated carbocycles. The number of nitrogens with zero attached hydrogens (tertiary/aromatic N) is 3. The van der Waals surface area contributed by atoms with Gasteiger partial charge in [0.15, 0.2) is 6.79 Å². The molecular formula is C12H15N3O3. The summed E-state index contributed by atoms with van der Waals surface area (Å²) in [5.41, 5.74) is 2.25. The van der Waals surface area contributed by atoms with Gasteiger partial charge in [-0.1, -0.05) is 5.21 Å². The summed E-state index contributed by atoms with van der Waals surface area (Å²) in [6.45, 7) is 0.118. The van der Waals surface area contributed by atoms with Crippen LogP contribution in [-0.2, 0) is 18.4 Å². The van der Waals surface area contributed by atoms with Crippen molar-refractivity contribution in [1.82, 2.24) is 15.0 Å². The van der Waals surface area contributed by atoms with Crippen molar-refractivity contribution in [2.24, 2.45) is 7.05 Å². The van der Waals surface area contributed by atoms with Crippen molar-refractivity contribution < 1.29 is 14.6 Å². The zero-order chi connectivity index (χ0) is 13.0. The van der Waals surface area contributed by atoms with E-state index in [1.807, 2.05) is 24.3 Å². The summed E-state index contributed by atoms with van der Waals surface area (Å²) in [5.74, 6) is 0.718. The summed E-state index contributed by atoms with van der Waals surface area (Å²) < 4.78 is 11.7. The molecule has 2 aromatic rings. The molecule has 0 unspecified atom stereocenters. The molecule has 0 bridgehead atoms. The third kappa shape index (κ3) is 2.49. The minimum Gasteiger partial charge on any atom is -0.468 e. The number of rotatable bonds is 5. The third-order valence-corrected chi connectivity index (χ3v) is 2.56. The molecule has 0 fully saturated rings. The number of aliphatic hydroxyl groups excluding tert-OH is 1. The Bertz CT molecular complexity index is 508. The highest BCUT2D eigenvalue weighted by Gasteiger charge is 2.11. The van der Waals surface area contributed by atoms with Gasteiger partial charge in [-0.2, -0.15) is 0 Å². The van der Waals surface area contributed by atoms with E-state index in [0.29, 0.717) is 11.4 Å². The van der Waals surface area contributed by atoms with Gasteiger partial charge in [-0.25, -0.2) is 4.68 Å². The van der Waals surface area contributed by atoms with E-state index in [-0.39, 0.29) is 13.4 Å². The molecule has 1 aromatic carbocycles. The van der Waals surface area contributed by atoms with Crippen LogP contribution in [0.5, 0.6) is 5.75 Å². The first-order chi connectivity index (χ1) is 8.76. The Balaban J connectivity index is 2.23. The molecule has 0 saturated heterocycles. The molecule has 96 valence electrons. The summed E-state index contributed by atoms with van der Waals surface area (Å²) in [4.78, 5) is 0. The van der Waals surface area contributed by atoms with Gasteiger partial charge in [0.2, 0.25) is 0 Å². The van der Waals surface area contributed by atoms with Gasteiger partial charge >= 0.3 is 0 Å². The number of ether oxygens (including phenoxy) is 2. The Morgan fingerprint density at radius 3 is 2.61 bits per heavy atom. The van der Waals surface area contributed by atoms with Crippen LogP contribution in [0.1, 0.15) is 5.69 Å². The van der Waals surface area contributed by atoms with Crippen LogP contribution in [-0.4, -0.2) is 34.0 Å². The number of aliphatic hydroxyl groups is 1. The van der Waals surface area contributed by atoms with Crippen molar-refractivity contribution in [3.8, 4) is 17.0 Å². The zero-order valence-corrected chi connectivity index (χ0v) is 10.3. The predicted molar refractivity (Wildman–Crippen MR) is 64.9 cm³/mol. The van der Waals surface area contributed by atoms with E-state index in [0.717, 1.165) is 11.3 Å². The highest BCUT2D eigenvalue weighted by molar-refractivity contribution is 5.62. The SMILES string of the molecule is COCOc1ccc(-c2nnn(C)c2CO)cc1. The maximum atomic E-state index is 9.28. The lowest BCUT2D eigenvalue weighted by Gasteiger charge is -2.05. The van der Waals surface area contributed by atoms with Gasteiger partial charge in [-0.05, 0) is 24.3 Å². The molecule has 0 aliphatic carbocycles. The van der Waals surface area contributed by atoms with Gasteiger partial charge in [0.05, 0.1) is 12.3 Å². The first kappa shape index (κ1) is 12.5. The second-order valence-electron chi connectivity index (χ2n) is 3.74. The van der Waals surface area contributed by atoms with Crippen LogP contribution in [0.4, 0.5) is 0 Å². The van der Waals surface area contributed by atoms with Crippen molar-refractivity contribution >= 4 is 0 Å². The normalized spacial score (nSPS) is 10.6. The molecule has 6 heteroatoms. The summed E-state index contributed by atoms with van der Waals surface area (Å²) in [6.07, 6.45) is 0. The van der Waals surface area contributed by atoms with Crippen molar-refractivity contribution in [1.29, 1.82) is 0 Å². The quantitative estimate of drug-likeness (QED) is 0.799. The van der Waals surface area contributed by atoms with Gasteiger partial charge in [0, 0.05) is 19.7 Å². The Morgan fingerprint density at radius 1 is 1.28 bits per heavy atom. The standard InChI is InChI=1S/C12H15N3O3/c1-15-11(7-16)12(13-14-15)9-3-5-10(6-4-9)18-8-17-2/h3-6,16H,7-8H2,1-2H3. The van der Waals surface area contributed by atoms with E-state index in [2.05, 4.69) is 10.3 Å². The van der Waals surface area contributed by atoms with Gasteiger partial charge in [-0.15, -0.1) is 5.10 Å². The minimum atomic E-state index is -0.0965. The summed E-state index contributed by atoms with van der Waals surface area (Å²) >= 11 is 0. The van der Waals surface area contributed by atoms with E-state index in [1.165, 1.54) is 0 Å². The van der Waals surface area contributed by atoms with Crippen LogP contribution in [0.2, 0.25) is 0 Å². The second-order valence-corrected chi connectivity index (χ2v) is 3.74. The molecule has 1 heterocycles. The molecule has 1 aromatic heterocycles. The van der Waals surface area contributed by atoms with Crippen molar-refractivity contribution in [3.05, 3.63) is 30.0 Å². The van der Waals surface area contributed by atoms with Gasteiger partial charge in [0.25, 0.3) is 0 Å². The third-order valence-electron chi connectivity index (χ3n) is 2.56. The van der Waals surface area contributed by atoms with Crippen LogP contribution in [0.15, 0.2) is 24.3 Å². The Labute approximate surface area is 105 Å². The van der Waals surface area contributed by atoms with E-state index in [4.69, 9.17) is 9.47 Å². The molecule has 0 aliphatic heterocycles. The first-order valence-corrected chi connectivity index (χ1v) is 5.48. The first-order valence-electron chi connectivity index (χ1n) is 5.48. The highest BCUT2D eigenvalue weighted by atomic mass is 16.7. The summed E-state index contributed by atoms with van der Waals surface area (Å²) in [6, 6.07) is 7.39. The number of benzene rings is 1. The number of aryl methyl sites for hydroxylation is 1. The zero-order valence-electron chi connectivity index (χ0n) is 10.3. The molecular weight excluding hydrogens is 234 g/mol. The maximum Gasteiger partial charge on any atom is 0.188 e. The molecule has 2 rings (SSSR count). The lowest BCUT2D eigenvalue weighted by molar-refractivity contribution is 0.0511. The number of hydrogen-bond acceptors (Lipinski definition) is 5. The number of hydrogen-bond donors (Lipinski definition) is 1. The lowest BCUT2D eigenvalue weighted by Crippen LogP contribution is -1.99. The van der Waals surface area contributed by atoms with E-state index in [9.17, 15) is 5.11 Å². The molecule has 0 radical (unpaired) electrons. The molecule has 0 aliphatic rings. The molecule has 18 heavy (non-hydrogen) atoms. The Kier molecular flexibility index (Phi) is 3.91. The fourth-order valence-corrected chi connectivity index (χ4v) is 1.61. The largest absolute Gasteiger partial charge is 0.468 e. The predicted octanol–water partition coefficient (Wildman–Crippen LogP) is 0.957. The fraction of sp³-hybridized carbons (Fsp3) is 0.333. The average molecular weight is 249 g/mol. The van der Waals surface area contributed by atoms with Crippen LogP contribution < -0.4 is 4.74 Å². The summed E-state index contributed by atoms with van der Waals surface area (Å²) in [7, 11) is 3.32. The fourth-order valence-electron chi connectivity index (χ4n) is 1.61. The molecule has 0 spiro atoms. The van der Waals surface area contributed by atoms with Crippen LogP contribution >= 0.6 is 0 Å². The van der Waals surface area contributed by atoms with E-state index < -0.39 is 0 Å². The molecule has 0 amide bonds. The van der Waals surface area contributed by atoms with Gasteiger partial charge in [-0.3, -0.25) is 0 Å². The van der Waals surface area contributed by atoms with Gasteiger partial charge in [0.1, 0.15) is 11.4 Å². The van der Waals surface area contributed by atoms with Crippen LogP contribution in [0, 0.1) is 0 Å². The van der Waals surface area contributed by atoms with Crippen molar-refractivity contribution in [3.63, 3.8) is 0 Å². The van der Waals surface area contributed by atoms with Crippen molar-refractivity contribution in [2.75, 3.05) is 13.9 Å². The summed E-state index contributed by atoms with van der Waals surface area (Å²) in [5, 5.41) is 17.2. The smallest absolute Gasteiger partial charge is 0.188 e. The molecule has 6 nitrogen and oxygen atoms in total. The Hall–Kier alpha value is -1.92. The minimum absolute atomic E-state index is 0.0965. The topological polar surface area (TPSA) is 69.4 Å². The molecule has 1 N–H and O–H groups in total. The monoisotopic (exact) mass is 249 g/mol. The van der Waals surface area contributed by atoms with Crippen molar-refractivity contribution in [2.45, 2.75) is 6.61 Å². The van der Waals surface area contributed by atoms with Crippen LogP contribution in [0.3, 0.4) is 0 Å². The maximum absolute atomic E-state index is 9.28. The van der Waals surface area contributed by atoms with E-state index >= 15 is 0 Å².